The number of hydrogen-bond acceptors (Lipinski definition) is 4. The van der Waals surface area contributed by atoms with Crippen molar-refractivity contribution in [3.63, 3.8) is 0 Å². The number of Topliss-reactive ketones (excluding diaryl/α,β-unsaturated/α-hetero) is 1. The van der Waals surface area contributed by atoms with Crippen LogP contribution in [0.1, 0.15) is 20.7 Å². The van der Waals surface area contributed by atoms with Crippen LogP contribution in [0.5, 0.6) is 0 Å². The highest BCUT2D eigenvalue weighted by molar-refractivity contribution is 6.34. The largest absolute Gasteiger partial charge is 0.322 e. The lowest BCUT2D eigenvalue weighted by molar-refractivity contribution is -0.465. The maximum atomic E-state index is 11.9. The Labute approximate surface area is 130 Å². The van der Waals surface area contributed by atoms with Gasteiger partial charge in [-0.2, -0.15) is 0 Å². The van der Waals surface area contributed by atoms with Crippen molar-refractivity contribution in [1.29, 1.82) is 0 Å². The Morgan fingerprint density at radius 2 is 2.05 bits per heavy atom. The van der Waals surface area contributed by atoms with E-state index in [4.69, 9.17) is 11.6 Å². The lowest BCUT2D eigenvalue weighted by Crippen LogP contribution is -2.15. The summed E-state index contributed by atoms with van der Waals surface area (Å²) in [6.07, 6.45) is 0. The molecule has 2 aromatic rings. The molecular formula is C15H10ClN2O4. The van der Waals surface area contributed by atoms with Gasteiger partial charge in [0, 0.05) is 21.7 Å². The summed E-state index contributed by atoms with van der Waals surface area (Å²) in [7, 11) is 0. The summed E-state index contributed by atoms with van der Waals surface area (Å²) in [5, 5.41) is 13.0. The van der Waals surface area contributed by atoms with Gasteiger partial charge in [-0.25, -0.2) is 0 Å². The van der Waals surface area contributed by atoms with Crippen LogP contribution in [0.25, 0.3) is 0 Å². The molecule has 0 spiro atoms. The van der Waals surface area contributed by atoms with Gasteiger partial charge in [-0.05, 0) is 30.3 Å². The molecule has 0 unspecified atom stereocenters. The zero-order chi connectivity index (χ0) is 16.1. The Kier molecular flexibility index (Phi) is 4.85. The number of hydrogen-bond donors (Lipinski definition) is 1. The lowest BCUT2D eigenvalue weighted by Gasteiger charge is -2.07. The average Bonchev–Trinajstić information content (AvgIpc) is 2.47. The van der Waals surface area contributed by atoms with E-state index in [2.05, 4.69) is 11.4 Å². The maximum Gasteiger partial charge on any atom is 0.265 e. The van der Waals surface area contributed by atoms with E-state index in [-0.39, 0.29) is 16.5 Å². The predicted molar refractivity (Wildman–Crippen MR) is 80.9 cm³/mol. The van der Waals surface area contributed by atoms with Crippen molar-refractivity contribution >= 4 is 29.0 Å². The normalized spacial score (nSPS) is 10.0. The SMILES string of the molecule is O=C(Nc1ccc(C(=O)C[N+](=O)[O-])c(Cl)c1)c1[c]cccc1. The van der Waals surface area contributed by atoms with Crippen LogP contribution in [-0.2, 0) is 0 Å². The third kappa shape index (κ3) is 3.89. The third-order valence-electron chi connectivity index (χ3n) is 2.75. The van der Waals surface area contributed by atoms with Crippen LogP contribution < -0.4 is 5.32 Å². The fourth-order valence-electron chi connectivity index (χ4n) is 1.75. The molecule has 0 bridgehead atoms. The smallest absolute Gasteiger partial charge is 0.265 e. The number of nitrogens with one attached hydrogen (secondary N) is 1. The minimum Gasteiger partial charge on any atom is -0.322 e. The van der Waals surface area contributed by atoms with Gasteiger partial charge >= 0.3 is 0 Å². The van der Waals surface area contributed by atoms with E-state index in [9.17, 15) is 19.7 Å². The fraction of sp³-hybridized carbons (Fsp3) is 0.0667. The van der Waals surface area contributed by atoms with Gasteiger partial charge in [0.2, 0.25) is 5.78 Å². The molecule has 0 heterocycles. The number of rotatable bonds is 5. The van der Waals surface area contributed by atoms with Crippen molar-refractivity contribution in [2.75, 3.05) is 11.9 Å². The van der Waals surface area contributed by atoms with Gasteiger partial charge in [0.1, 0.15) is 0 Å². The molecule has 1 amide bonds. The van der Waals surface area contributed by atoms with Gasteiger partial charge in [0.05, 0.1) is 5.02 Å². The Morgan fingerprint density at radius 1 is 1.27 bits per heavy atom. The summed E-state index contributed by atoms with van der Waals surface area (Å²) in [4.78, 5) is 33.2. The zero-order valence-corrected chi connectivity index (χ0v) is 12.0. The highest BCUT2D eigenvalue weighted by Gasteiger charge is 2.16. The minimum atomic E-state index is -0.829. The highest BCUT2D eigenvalue weighted by Crippen LogP contribution is 2.22. The molecule has 111 valence electrons. The number of carbonyl (C=O) groups is 2. The molecule has 0 saturated carbocycles. The molecule has 0 aliphatic carbocycles. The Bertz CT molecular complexity index is 732. The van der Waals surface area contributed by atoms with Gasteiger partial charge in [-0.1, -0.05) is 29.8 Å². The van der Waals surface area contributed by atoms with E-state index in [0.29, 0.717) is 11.3 Å². The fourth-order valence-corrected chi connectivity index (χ4v) is 2.04. The molecule has 0 fully saturated rings. The zero-order valence-electron chi connectivity index (χ0n) is 11.2. The molecular weight excluding hydrogens is 308 g/mol. The molecule has 0 atom stereocenters. The molecule has 0 saturated heterocycles. The summed E-state index contributed by atoms with van der Waals surface area (Å²) in [5.41, 5.74) is 0.777. The lowest BCUT2D eigenvalue weighted by atomic mass is 10.1. The first kappa shape index (κ1) is 15.7. The third-order valence-corrected chi connectivity index (χ3v) is 3.07. The molecule has 7 heteroatoms. The number of nitro groups is 1. The Balaban J connectivity index is 2.14. The number of carbonyl (C=O) groups excluding carboxylic acids is 2. The summed E-state index contributed by atoms with van der Waals surface area (Å²) in [6, 6.07) is 13.6. The quantitative estimate of drug-likeness (QED) is 0.521. The maximum absolute atomic E-state index is 11.9. The predicted octanol–water partition coefficient (Wildman–Crippen LogP) is 2.85. The summed E-state index contributed by atoms with van der Waals surface area (Å²) >= 11 is 5.93. The van der Waals surface area contributed by atoms with E-state index >= 15 is 0 Å². The van der Waals surface area contributed by atoms with Crippen LogP contribution >= 0.6 is 11.6 Å². The van der Waals surface area contributed by atoms with Crippen LogP contribution in [0.4, 0.5) is 5.69 Å². The molecule has 0 aliphatic rings. The number of halogens is 1. The summed E-state index contributed by atoms with van der Waals surface area (Å²) in [6.45, 7) is -0.829. The van der Waals surface area contributed by atoms with Crippen molar-refractivity contribution in [2.45, 2.75) is 0 Å². The molecule has 1 radical (unpaired) electrons. The molecule has 1 N–H and O–H groups in total. The van der Waals surface area contributed by atoms with Gasteiger partial charge < -0.3 is 5.32 Å². The Morgan fingerprint density at radius 3 is 2.64 bits per heavy atom. The van der Waals surface area contributed by atoms with E-state index in [1.165, 1.54) is 18.2 Å². The minimum absolute atomic E-state index is 0.0432. The van der Waals surface area contributed by atoms with Gasteiger partial charge in [-0.3, -0.25) is 19.7 Å². The van der Waals surface area contributed by atoms with Crippen LogP contribution in [0.15, 0.2) is 42.5 Å². The van der Waals surface area contributed by atoms with Crippen LogP contribution in [0.2, 0.25) is 5.02 Å². The van der Waals surface area contributed by atoms with Crippen molar-refractivity contribution in [2.24, 2.45) is 0 Å². The summed E-state index contributed by atoms with van der Waals surface area (Å²) in [5.74, 6) is -1.06. The molecule has 6 nitrogen and oxygen atoms in total. The number of ketones is 1. The Hall–Kier alpha value is -2.73. The van der Waals surface area contributed by atoms with Gasteiger partial charge in [0.25, 0.3) is 12.5 Å². The summed E-state index contributed by atoms with van der Waals surface area (Å²) < 4.78 is 0. The van der Waals surface area contributed by atoms with Crippen LogP contribution in [0.3, 0.4) is 0 Å². The first-order valence-electron chi connectivity index (χ1n) is 6.20. The monoisotopic (exact) mass is 317 g/mol. The molecule has 0 aliphatic heterocycles. The number of nitrogens with zero attached hydrogens (tertiary/aromatic N) is 1. The molecule has 2 aromatic carbocycles. The second kappa shape index (κ2) is 6.82. The van der Waals surface area contributed by atoms with Gasteiger partial charge in [0.15, 0.2) is 0 Å². The van der Waals surface area contributed by atoms with Crippen LogP contribution in [0, 0.1) is 16.2 Å². The van der Waals surface area contributed by atoms with Gasteiger partial charge in [-0.15, -0.1) is 0 Å². The second-order valence-corrected chi connectivity index (χ2v) is 4.75. The highest BCUT2D eigenvalue weighted by atomic mass is 35.5. The van der Waals surface area contributed by atoms with Crippen molar-refractivity contribution in [3.05, 3.63) is 74.8 Å². The number of benzene rings is 2. The van der Waals surface area contributed by atoms with Crippen LogP contribution in [-0.4, -0.2) is 23.2 Å². The molecule has 22 heavy (non-hydrogen) atoms. The second-order valence-electron chi connectivity index (χ2n) is 4.34. The average molecular weight is 318 g/mol. The first-order valence-corrected chi connectivity index (χ1v) is 6.58. The molecule has 2 rings (SSSR count). The topological polar surface area (TPSA) is 89.3 Å². The number of amides is 1. The van der Waals surface area contributed by atoms with Crippen molar-refractivity contribution < 1.29 is 14.5 Å². The van der Waals surface area contributed by atoms with Crippen molar-refractivity contribution in [1.82, 2.24) is 0 Å². The van der Waals surface area contributed by atoms with E-state index in [0.717, 1.165) is 0 Å². The van der Waals surface area contributed by atoms with E-state index in [1.807, 2.05) is 0 Å². The number of anilines is 1. The standard InChI is InChI=1S/C15H10ClN2O4/c16-13-8-11(6-7-12(13)14(19)9-18(21)22)17-15(20)10-4-2-1-3-5-10/h1-4,6-8H,9H2,(H,17,20). The van der Waals surface area contributed by atoms with Crippen molar-refractivity contribution in [3.8, 4) is 0 Å². The molecule has 0 aromatic heterocycles. The van der Waals surface area contributed by atoms with E-state index in [1.54, 1.807) is 24.3 Å². The van der Waals surface area contributed by atoms with E-state index < -0.39 is 17.3 Å². The first-order chi connectivity index (χ1) is 10.5.